The highest BCUT2D eigenvalue weighted by atomic mass is 16.5. The number of nitrogens with zero attached hydrogens (tertiary/aromatic N) is 2. The lowest BCUT2D eigenvalue weighted by atomic mass is 9.99. The van der Waals surface area contributed by atoms with Crippen LogP contribution in [0.25, 0.3) is 0 Å². The number of aromatic nitrogens is 2. The van der Waals surface area contributed by atoms with Crippen LogP contribution in [-0.2, 0) is 0 Å². The van der Waals surface area contributed by atoms with Gasteiger partial charge in [0.25, 0.3) is 0 Å². The molecule has 15 heavy (non-hydrogen) atoms. The van der Waals surface area contributed by atoms with E-state index < -0.39 is 0 Å². The minimum absolute atomic E-state index is 0.668. The first kappa shape index (κ1) is 10.4. The summed E-state index contributed by atoms with van der Waals surface area (Å²) in [7, 11) is 0. The molecule has 1 aromatic heterocycles. The Balaban J connectivity index is 1.81. The molecule has 82 valence electrons. The maximum Gasteiger partial charge on any atom is 0.216 e. The Labute approximate surface area is 90.1 Å². The van der Waals surface area contributed by atoms with E-state index in [4.69, 9.17) is 4.74 Å². The minimum Gasteiger partial charge on any atom is -0.477 e. The molecule has 1 saturated heterocycles. The molecule has 0 amide bonds. The van der Waals surface area contributed by atoms with Crippen molar-refractivity contribution in [1.82, 2.24) is 15.3 Å². The van der Waals surface area contributed by atoms with E-state index in [1.54, 1.807) is 6.33 Å². The smallest absolute Gasteiger partial charge is 0.216 e. The second kappa shape index (κ2) is 5.07. The third kappa shape index (κ3) is 3.16. The zero-order chi connectivity index (χ0) is 10.5. The zero-order valence-electron chi connectivity index (χ0n) is 9.07. The molecule has 1 fully saturated rings. The van der Waals surface area contributed by atoms with Gasteiger partial charge in [-0.2, -0.15) is 0 Å². The zero-order valence-corrected chi connectivity index (χ0v) is 9.07. The largest absolute Gasteiger partial charge is 0.477 e. The van der Waals surface area contributed by atoms with Crippen LogP contribution < -0.4 is 10.1 Å². The monoisotopic (exact) mass is 207 g/mol. The summed E-state index contributed by atoms with van der Waals surface area (Å²) in [5.74, 6) is 1.36. The van der Waals surface area contributed by atoms with Crippen LogP contribution in [0.15, 0.2) is 12.4 Å². The van der Waals surface area contributed by atoms with Crippen molar-refractivity contribution in [3.05, 3.63) is 18.1 Å². The van der Waals surface area contributed by atoms with Crippen LogP contribution in [0, 0.1) is 12.8 Å². The molecule has 0 aliphatic carbocycles. The second-order valence-corrected chi connectivity index (χ2v) is 4.00. The van der Waals surface area contributed by atoms with Crippen molar-refractivity contribution >= 4 is 0 Å². The fourth-order valence-electron chi connectivity index (χ4n) is 1.76. The third-order valence-electron chi connectivity index (χ3n) is 2.70. The van der Waals surface area contributed by atoms with E-state index in [9.17, 15) is 0 Å². The van der Waals surface area contributed by atoms with Gasteiger partial charge >= 0.3 is 0 Å². The SMILES string of the molecule is Cc1cc(OCC2CCNCC2)ncn1. The second-order valence-electron chi connectivity index (χ2n) is 4.00. The number of ether oxygens (including phenoxy) is 1. The number of hydrogen-bond acceptors (Lipinski definition) is 4. The first-order chi connectivity index (χ1) is 7.34. The van der Waals surface area contributed by atoms with Gasteiger partial charge in [0.15, 0.2) is 0 Å². The lowest BCUT2D eigenvalue weighted by Gasteiger charge is -2.22. The Morgan fingerprint density at radius 1 is 1.40 bits per heavy atom. The van der Waals surface area contributed by atoms with Gasteiger partial charge in [0.05, 0.1) is 6.61 Å². The summed E-state index contributed by atoms with van der Waals surface area (Å²) in [6.07, 6.45) is 3.95. The van der Waals surface area contributed by atoms with Crippen molar-refractivity contribution in [2.75, 3.05) is 19.7 Å². The van der Waals surface area contributed by atoms with Crippen molar-refractivity contribution < 1.29 is 4.74 Å². The standard InChI is InChI=1S/C11H17N3O/c1-9-6-11(14-8-13-9)15-7-10-2-4-12-5-3-10/h6,8,10,12H,2-5,7H2,1H3. The number of hydrogen-bond donors (Lipinski definition) is 1. The van der Waals surface area contributed by atoms with Crippen molar-refractivity contribution in [2.45, 2.75) is 19.8 Å². The van der Waals surface area contributed by atoms with Crippen LogP contribution in [0.5, 0.6) is 5.88 Å². The first-order valence-electron chi connectivity index (χ1n) is 5.47. The minimum atomic E-state index is 0.668. The molecule has 0 bridgehead atoms. The number of aryl methyl sites for hydroxylation is 1. The molecule has 4 nitrogen and oxygen atoms in total. The van der Waals surface area contributed by atoms with Gasteiger partial charge in [0.1, 0.15) is 6.33 Å². The van der Waals surface area contributed by atoms with Crippen LogP contribution in [0.1, 0.15) is 18.5 Å². The summed E-state index contributed by atoms with van der Waals surface area (Å²) >= 11 is 0. The number of rotatable bonds is 3. The Morgan fingerprint density at radius 2 is 2.20 bits per heavy atom. The molecular weight excluding hydrogens is 190 g/mol. The molecule has 4 heteroatoms. The molecule has 1 N–H and O–H groups in total. The normalized spacial score (nSPS) is 17.7. The fraction of sp³-hybridized carbons (Fsp3) is 0.636. The lowest BCUT2D eigenvalue weighted by Crippen LogP contribution is -2.30. The molecule has 0 aromatic carbocycles. The highest BCUT2D eigenvalue weighted by Crippen LogP contribution is 2.14. The highest BCUT2D eigenvalue weighted by molar-refractivity contribution is 5.11. The third-order valence-corrected chi connectivity index (χ3v) is 2.70. The quantitative estimate of drug-likeness (QED) is 0.808. The van der Waals surface area contributed by atoms with Gasteiger partial charge in [0, 0.05) is 11.8 Å². The van der Waals surface area contributed by atoms with Crippen LogP contribution in [0.3, 0.4) is 0 Å². The van der Waals surface area contributed by atoms with Crippen molar-refractivity contribution in [3.63, 3.8) is 0 Å². The lowest BCUT2D eigenvalue weighted by molar-refractivity contribution is 0.208. The summed E-state index contributed by atoms with van der Waals surface area (Å²) in [5.41, 5.74) is 0.949. The molecule has 1 aliphatic heterocycles. The maximum atomic E-state index is 5.65. The molecule has 0 saturated carbocycles. The van der Waals surface area contributed by atoms with Crippen molar-refractivity contribution in [3.8, 4) is 5.88 Å². The molecule has 0 unspecified atom stereocenters. The summed E-state index contributed by atoms with van der Waals surface area (Å²) in [6.45, 7) is 4.94. The van der Waals surface area contributed by atoms with Crippen LogP contribution in [0.2, 0.25) is 0 Å². The summed E-state index contributed by atoms with van der Waals surface area (Å²) in [6, 6.07) is 1.88. The van der Waals surface area contributed by atoms with E-state index >= 15 is 0 Å². The summed E-state index contributed by atoms with van der Waals surface area (Å²) in [4.78, 5) is 8.11. The van der Waals surface area contributed by atoms with E-state index in [2.05, 4.69) is 15.3 Å². The van der Waals surface area contributed by atoms with Gasteiger partial charge in [-0.15, -0.1) is 0 Å². The Bertz CT molecular complexity index is 310. The van der Waals surface area contributed by atoms with Gasteiger partial charge < -0.3 is 10.1 Å². The van der Waals surface area contributed by atoms with E-state index in [0.717, 1.165) is 25.4 Å². The first-order valence-corrected chi connectivity index (χ1v) is 5.47. The van der Waals surface area contributed by atoms with Gasteiger partial charge in [-0.3, -0.25) is 0 Å². The van der Waals surface area contributed by atoms with Crippen molar-refractivity contribution in [1.29, 1.82) is 0 Å². The number of nitrogens with one attached hydrogen (secondary N) is 1. The van der Waals surface area contributed by atoms with E-state index in [1.165, 1.54) is 12.8 Å². The van der Waals surface area contributed by atoms with Gasteiger partial charge in [-0.25, -0.2) is 9.97 Å². The van der Waals surface area contributed by atoms with Crippen molar-refractivity contribution in [2.24, 2.45) is 5.92 Å². The summed E-state index contributed by atoms with van der Waals surface area (Å²) in [5, 5.41) is 3.34. The van der Waals surface area contributed by atoms with Crippen LogP contribution in [-0.4, -0.2) is 29.7 Å². The Kier molecular flexibility index (Phi) is 3.50. The molecule has 0 spiro atoms. The molecule has 0 radical (unpaired) electrons. The van der Waals surface area contributed by atoms with Gasteiger partial charge in [0.2, 0.25) is 5.88 Å². The number of piperidine rings is 1. The van der Waals surface area contributed by atoms with Crippen LogP contribution >= 0.6 is 0 Å². The molecule has 1 aromatic rings. The molecule has 1 aliphatic rings. The van der Waals surface area contributed by atoms with E-state index in [-0.39, 0.29) is 0 Å². The molecular formula is C11H17N3O. The van der Waals surface area contributed by atoms with E-state index in [1.807, 2.05) is 13.0 Å². The van der Waals surface area contributed by atoms with Crippen LogP contribution in [0.4, 0.5) is 0 Å². The fourth-order valence-corrected chi connectivity index (χ4v) is 1.76. The van der Waals surface area contributed by atoms with E-state index in [0.29, 0.717) is 11.8 Å². The summed E-state index contributed by atoms with van der Waals surface area (Å²) < 4.78 is 5.65. The topological polar surface area (TPSA) is 47.0 Å². The average molecular weight is 207 g/mol. The predicted molar refractivity (Wildman–Crippen MR) is 57.9 cm³/mol. The average Bonchev–Trinajstić information content (AvgIpc) is 2.28. The molecule has 2 heterocycles. The highest BCUT2D eigenvalue weighted by Gasteiger charge is 2.13. The van der Waals surface area contributed by atoms with Gasteiger partial charge in [-0.05, 0) is 38.8 Å². The maximum absolute atomic E-state index is 5.65. The predicted octanol–water partition coefficient (Wildman–Crippen LogP) is 1.16. The molecule has 0 atom stereocenters. The Morgan fingerprint density at radius 3 is 2.93 bits per heavy atom. The molecule has 2 rings (SSSR count). The Hall–Kier alpha value is -1.16. The van der Waals surface area contributed by atoms with Gasteiger partial charge in [-0.1, -0.05) is 0 Å².